The van der Waals surface area contributed by atoms with Gasteiger partial charge in [-0.25, -0.2) is 4.79 Å². The number of unbranched alkanes of at least 4 members (excludes halogenated alkanes) is 2. The van der Waals surface area contributed by atoms with Crippen molar-refractivity contribution in [2.75, 3.05) is 13.2 Å². The van der Waals surface area contributed by atoms with Crippen molar-refractivity contribution < 1.29 is 14.3 Å². The fourth-order valence-corrected chi connectivity index (χ4v) is 2.32. The maximum absolute atomic E-state index is 11.8. The van der Waals surface area contributed by atoms with Crippen LogP contribution in [0.15, 0.2) is 30.3 Å². The summed E-state index contributed by atoms with van der Waals surface area (Å²) >= 11 is 0. The number of ether oxygens (including phenoxy) is 2. The Balaban J connectivity index is 2.37. The van der Waals surface area contributed by atoms with Crippen molar-refractivity contribution in [3.05, 3.63) is 35.9 Å². The predicted molar refractivity (Wildman–Crippen MR) is 100 cm³/mol. The lowest BCUT2D eigenvalue weighted by Gasteiger charge is -2.13. The zero-order valence-electron chi connectivity index (χ0n) is 15.4. The van der Waals surface area contributed by atoms with Crippen LogP contribution in [0.4, 0.5) is 0 Å². The average molecular weight is 332 g/mol. The summed E-state index contributed by atoms with van der Waals surface area (Å²) in [6.07, 6.45) is 10.0. The Morgan fingerprint density at radius 1 is 1.08 bits per heavy atom. The highest BCUT2D eigenvalue weighted by Gasteiger charge is 2.08. The highest BCUT2D eigenvalue weighted by molar-refractivity contribution is 5.87. The van der Waals surface area contributed by atoms with Crippen molar-refractivity contribution in [3.63, 3.8) is 0 Å². The number of esters is 1. The first-order valence-electron chi connectivity index (χ1n) is 9.27. The summed E-state index contributed by atoms with van der Waals surface area (Å²) in [4.78, 5) is 11.8. The third-order valence-electron chi connectivity index (χ3n) is 4.06. The normalized spacial score (nSPS) is 12.3. The molecule has 0 aliphatic carbocycles. The molecule has 0 unspecified atom stereocenters. The van der Waals surface area contributed by atoms with Gasteiger partial charge >= 0.3 is 5.97 Å². The van der Waals surface area contributed by atoms with E-state index >= 15 is 0 Å². The number of carbonyl (C=O) groups is 1. The van der Waals surface area contributed by atoms with Gasteiger partial charge in [-0.3, -0.25) is 0 Å². The standard InChI is InChI=1S/C21H32O3/c1-4-7-9-18(6-3)17-24-21(22)15-12-19-10-13-20(14-11-19)23-16-8-5-2/h10-15,18H,4-9,16-17H2,1-3H3/b15-12-/t18-/m1/s1. The molecule has 0 saturated carbocycles. The Hall–Kier alpha value is -1.77. The molecule has 0 bridgehead atoms. The van der Waals surface area contributed by atoms with E-state index < -0.39 is 0 Å². The van der Waals surface area contributed by atoms with Gasteiger partial charge in [0, 0.05) is 6.08 Å². The SMILES string of the molecule is CCCCOc1ccc(/C=C\C(=O)OC[C@H](CC)CCCC)cc1. The molecule has 0 amide bonds. The van der Waals surface area contributed by atoms with Crippen LogP contribution in [0.3, 0.4) is 0 Å². The third-order valence-corrected chi connectivity index (χ3v) is 4.06. The smallest absolute Gasteiger partial charge is 0.330 e. The maximum Gasteiger partial charge on any atom is 0.330 e. The van der Waals surface area contributed by atoms with Crippen LogP contribution in [0.1, 0.15) is 64.9 Å². The molecule has 1 aromatic rings. The molecule has 0 radical (unpaired) electrons. The summed E-state index contributed by atoms with van der Waals surface area (Å²) < 4.78 is 11.0. The van der Waals surface area contributed by atoms with Crippen LogP contribution in [0.5, 0.6) is 5.75 Å². The Kier molecular flexibility index (Phi) is 10.7. The highest BCUT2D eigenvalue weighted by atomic mass is 16.5. The van der Waals surface area contributed by atoms with Crippen molar-refractivity contribution in [3.8, 4) is 5.75 Å². The van der Waals surface area contributed by atoms with Gasteiger partial charge < -0.3 is 9.47 Å². The third kappa shape index (κ3) is 8.76. The minimum atomic E-state index is -0.270. The van der Waals surface area contributed by atoms with E-state index in [1.807, 2.05) is 24.3 Å². The van der Waals surface area contributed by atoms with Crippen LogP contribution in [0.2, 0.25) is 0 Å². The van der Waals surface area contributed by atoms with Crippen LogP contribution in [-0.4, -0.2) is 19.2 Å². The molecule has 134 valence electrons. The lowest BCUT2D eigenvalue weighted by atomic mass is 10.0. The number of rotatable bonds is 12. The first kappa shape index (κ1) is 20.3. The minimum absolute atomic E-state index is 0.270. The van der Waals surface area contributed by atoms with E-state index in [1.54, 1.807) is 6.08 Å². The lowest BCUT2D eigenvalue weighted by molar-refractivity contribution is -0.139. The summed E-state index contributed by atoms with van der Waals surface area (Å²) in [6, 6.07) is 7.75. The zero-order valence-corrected chi connectivity index (χ0v) is 15.4. The maximum atomic E-state index is 11.8. The minimum Gasteiger partial charge on any atom is -0.494 e. The van der Waals surface area contributed by atoms with Gasteiger partial charge in [-0.15, -0.1) is 0 Å². The van der Waals surface area contributed by atoms with Gasteiger partial charge in [-0.2, -0.15) is 0 Å². The van der Waals surface area contributed by atoms with Crippen LogP contribution in [0.25, 0.3) is 6.08 Å². The van der Waals surface area contributed by atoms with Crippen LogP contribution in [0, 0.1) is 5.92 Å². The monoisotopic (exact) mass is 332 g/mol. The number of benzene rings is 1. The van der Waals surface area contributed by atoms with E-state index in [-0.39, 0.29) is 5.97 Å². The summed E-state index contributed by atoms with van der Waals surface area (Å²) in [5.41, 5.74) is 0.966. The topological polar surface area (TPSA) is 35.5 Å². The van der Waals surface area contributed by atoms with E-state index in [9.17, 15) is 4.79 Å². The Morgan fingerprint density at radius 2 is 1.79 bits per heavy atom. The molecule has 1 aromatic carbocycles. The van der Waals surface area contributed by atoms with Crippen molar-refractivity contribution in [1.29, 1.82) is 0 Å². The van der Waals surface area contributed by atoms with E-state index in [1.165, 1.54) is 18.9 Å². The molecule has 0 aliphatic rings. The molecule has 1 atom stereocenters. The quantitative estimate of drug-likeness (QED) is 0.282. The predicted octanol–water partition coefficient (Wildman–Crippen LogP) is 5.64. The van der Waals surface area contributed by atoms with Crippen LogP contribution < -0.4 is 4.74 Å². The average Bonchev–Trinajstić information content (AvgIpc) is 2.61. The van der Waals surface area contributed by atoms with Gasteiger partial charge in [0.2, 0.25) is 0 Å². The van der Waals surface area contributed by atoms with Crippen molar-refractivity contribution in [1.82, 2.24) is 0 Å². The second-order valence-electron chi connectivity index (χ2n) is 6.15. The number of carbonyl (C=O) groups excluding carboxylic acids is 1. The van der Waals surface area contributed by atoms with Gasteiger partial charge in [-0.1, -0.05) is 58.6 Å². The molecule has 24 heavy (non-hydrogen) atoms. The van der Waals surface area contributed by atoms with E-state index in [0.717, 1.165) is 43.6 Å². The van der Waals surface area contributed by atoms with Crippen LogP contribution >= 0.6 is 0 Å². The van der Waals surface area contributed by atoms with Gasteiger partial charge in [0.15, 0.2) is 0 Å². The molecule has 0 aliphatic heterocycles. The number of hydrogen-bond donors (Lipinski definition) is 0. The Labute approximate surface area is 147 Å². The summed E-state index contributed by atoms with van der Waals surface area (Å²) in [5, 5.41) is 0. The molecule has 0 saturated heterocycles. The molecular formula is C21H32O3. The molecule has 0 spiro atoms. The van der Waals surface area contributed by atoms with E-state index in [0.29, 0.717) is 12.5 Å². The zero-order chi connectivity index (χ0) is 17.6. The lowest BCUT2D eigenvalue weighted by Crippen LogP contribution is -2.12. The van der Waals surface area contributed by atoms with Crippen molar-refractivity contribution in [2.45, 2.75) is 59.3 Å². The first-order valence-corrected chi connectivity index (χ1v) is 9.27. The van der Waals surface area contributed by atoms with E-state index in [2.05, 4.69) is 20.8 Å². The van der Waals surface area contributed by atoms with Gasteiger partial charge in [0.1, 0.15) is 5.75 Å². The molecule has 1 rings (SSSR count). The second-order valence-corrected chi connectivity index (χ2v) is 6.15. The van der Waals surface area contributed by atoms with Crippen LogP contribution in [-0.2, 0) is 9.53 Å². The Morgan fingerprint density at radius 3 is 2.42 bits per heavy atom. The van der Waals surface area contributed by atoms with Gasteiger partial charge in [0.25, 0.3) is 0 Å². The molecular weight excluding hydrogens is 300 g/mol. The summed E-state index contributed by atoms with van der Waals surface area (Å²) in [7, 11) is 0. The summed E-state index contributed by atoms with van der Waals surface area (Å²) in [5.74, 6) is 1.07. The molecule has 0 heterocycles. The van der Waals surface area contributed by atoms with Crippen molar-refractivity contribution >= 4 is 12.0 Å². The van der Waals surface area contributed by atoms with Crippen molar-refractivity contribution in [2.24, 2.45) is 5.92 Å². The van der Waals surface area contributed by atoms with Gasteiger partial charge in [0.05, 0.1) is 13.2 Å². The molecule has 3 heteroatoms. The fraction of sp³-hybridized carbons (Fsp3) is 0.571. The number of hydrogen-bond acceptors (Lipinski definition) is 3. The van der Waals surface area contributed by atoms with E-state index in [4.69, 9.17) is 9.47 Å². The Bertz CT molecular complexity index is 476. The molecule has 0 fully saturated rings. The fourth-order valence-electron chi connectivity index (χ4n) is 2.32. The second kappa shape index (κ2) is 12.6. The highest BCUT2D eigenvalue weighted by Crippen LogP contribution is 2.15. The summed E-state index contributed by atoms with van der Waals surface area (Å²) in [6.45, 7) is 7.73. The van der Waals surface area contributed by atoms with Gasteiger partial charge in [-0.05, 0) is 42.5 Å². The molecule has 0 aromatic heterocycles. The largest absolute Gasteiger partial charge is 0.494 e. The molecule has 3 nitrogen and oxygen atoms in total. The molecule has 0 N–H and O–H groups in total. The first-order chi connectivity index (χ1) is 11.7.